The number of anilines is 1. The summed E-state index contributed by atoms with van der Waals surface area (Å²) in [6.45, 7) is 5.34. The van der Waals surface area contributed by atoms with Gasteiger partial charge in [0.25, 0.3) is 0 Å². The SMILES string of the molecule is CCCCCCNC(=S)Nc1ccccc1CC. The normalized spacial score (nSPS) is 10.1. The van der Waals surface area contributed by atoms with Crippen LogP contribution in [0.5, 0.6) is 0 Å². The van der Waals surface area contributed by atoms with Gasteiger partial charge in [0.1, 0.15) is 0 Å². The highest BCUT2D eigenvalue weighted by Crippen LogP contribution is 2.15. The van der Waals surface area contributed by atoms with E-state index in [1.165, 1.54) is 31.2 Å². The highest BCUT2D eigenvalue weighted by molar-refractivity contribution is 7.80. The Bertz CT molecular complexity index is 363. The molecule has 0 aliphatic rings. The molecule has 18 heavy (non-hydrogen) atoms. The zero-order chi connectivity index (χ0) is 13.2. The summed E-state index contributed by atoms with van der Waals surface area (Å²) in [5.74, 6) is 0. The number of para-hydroxylation sites is 1. The van der Waals surface area contributed by atoms with E-state index in [1.54, 1.807) is 0 Å². The molecule has 100 valence electrons. The molecule has 0 bridgehead atoms. The van der Waals surface area contributed by atoms with Gasteiger partial charge in [0, 0.05) is 12.2 Å². The first-order valence-electron chi connectivity index (χ1n) is 6.90. The maximum Gasteiger partial charge on any atom is 0.170 e. The molecule has 1 rings (SSSR count). The Labute approximate surface area is 116 Å². The van der Waals surface area contributed by atoms with Crippen molar-refractivity contribution < 1.29 is 0 Å². The number of unbranched alkanes of at least 4 members (excludes halogenated alkanes) is 3. The van der Waals surface area contributed by atoms with Gasteiger partial charge in [-0.3, -0.25) is 0 Å². The molecule has 0 saturated carbocycles. The first-order chi connectivity index (χ1) is 8.77. The van der Waals surface area contributed by atoms with Gasteiger partial charge in [0.2, 0.25) is 0 Å². The van der Waals surface area contributed by atoms with Crippen LogP contribution < -0.4 is 10.6 Å². The van der Waals surface area contributed by atoms with E-state index in [1.807, 2.05) is 6.07 Å². The summed E-state index contributed by atoms with van der Waals surface area (Å²) in [5.41, 5.74) is 2.42. The zero-order valence-electron chi connectivity index (χ0n) is 11.5. The smallest absolute Gasteiger partial charge is 0.170 e. The van der Waals surface area contributed by atoms with Crippen LogP contribution in [0.3, 0.4) is 0 Å². The molecule has 0 amide bonds. The Balaban J connectivity index is 2.31. The van der Waals surface area contributed by atoms with Crippen molar-refractivity contribution in [2.75, 3.05) is 11.9 Å². The molecule has 0 unspecified atom stereocenters. The minimum atomic E-state index is 0.729. The van der Waals surface area contributed by atoms with Gasteiger partial charge in [-0.25, -0.2) is 0 Å². The van der Waals surface area contributed by atoms with E-state index < -0.39 is 0 Å². The standard InChI is InChI=1S/C15H24N2S/c1-3-5-6-9-12-16-15(18)17-14-11-8-7-10-13(14)4-2/h7-8,10-11H,3-6,9,12H2,1-2H3,(H2,16,17,18). The van der Waals surface area contributed by atoms with Gasteiger partial charge in [-0.1, -0.05) is 51.3 Å². The van der Waals surface area contributed by atoms with E-state index in [-0.39, 0.29) is 0 Å². The fourth-order valence-corrected chi connectivity index (χ4v) is 2.08. The van der Waals surface area contributed by atoms with E-state index in [9.17, 15) is 0 Å². The summed E-state index contributed by atoms with van der Waals surface area (Å²) < 4.78 is 0. The highest BCUT2D eigenvalue weighted by Gasteiger charge is 2.01. The van der Waals surface area contributed by atoms with E-state index in [0.717, 1.165) is 23.8 Å². The van der Waals surface area contributed by atoms with Gasteiger partial charge in [-0.05, 0) is 36.7 Å². The molecule has 3 heteroatoms. The largest absolute Gasteiger partial charge is 0.362 e. The second-order valence-electron chi connectivity index (χ2n) is 4.45. The summed E-state index contributed by atoms with van der Waals surface area (Å²) in [6.07, 6.45) is 6.05. The molecule has 0 atom stereocenters. The third-order valence-corrected chi connectivity index (χ3v) is 3.21. The van der Waals surface area contributed by atoms with Gasteiger partial charge in [-0.15, -0.1) is 0 Å². The number of benzene rings is 1. The van der Waals surface area contributed by atoms with Gasteiger partial charge in [0.05, 0.1) is 0 Å². The first-order valence-corrected chi connectivity index (χ1v) is 7.31. The van der Waals surface area contributed by atoms with Gasteiger partial charge in [0.15, 0.2) is 5.11 Å². The predicted octanol–water partition coefficient (Wildman–Crippen LogP) is 4.12. The second kappa shape index (κ2) is 8.92. The monoisotopic (exact) mass is 264 g/mol. The van der Waals surface area contributed by atoms with Crippen LogP contribution in [0, 0.1) is 0 Å². The van der Waals surface area contributed by atoms with Crippen LogP contribution in [0.1, 0.15) is 45.1 Å². The third kappa shape index (κ3) is 5.50. The molecule has 0 spiro atoms. The lowest BCUT2D eigenvalue weighted by Gasteiger charge is -2.13. The molecular weight excluding hydrogens is 240 g/mol. The Morgan fingerprint density at radius 2 is 1.89 bits per heavy atom. The van der Waals surface area contributed by atoms with Crippen molar-refractivity contribution in [1.82, 2.24) is 5.32 Å². The summed E-state index contributed by atoms with van der Waals surface area (Å²) in [5, 5.41) is 7.26. The highest BCUT2D eigenvalue weighted by atomic mass is 32.1. The second-order valence-corrected chi connectivity index (χ2v) is 4.86. The Morgan fingerprint density at radius 3 is 2.61 bits per heavy atom. The molecule has 0 radical (unpaired) electrons. The van der Waals surface area contributed by atoms with Crippen molar-refractivity contribution in [3.05, 3.63) is 29.8 Å². The molecule has 0 aliphatic heterocycles. The van der Waals surface area contributed by atoms with Crippen LogP contribution in [0.15, 0.2) is 24.3 Å². The number of hydrogen-bond acceptors (Lipinski definition) is 1. The molecule has 2 N–H and O–H groups in total. The summed E-state index contributed by atoms with van der Waals surface area (Å²) in [6, 6.07) is 8.30. The maximum absolute atomic E-state index is 5.30. The molecule has 0 fully saturated rings. The van der Waals surface area contributed by atoms with Crippen molar-refractivity contribution >= 4 is 23.0 Å². The molecule has 0 saturated heterocycles. The number of rotatable bonds is 7. The molecular formula is C15H24N2S. The fourth-order valence-electron chi connectivity index (χ4n) is 1.87. The summed E-state index contributed by atoms with van der Waals surface area (Å²) in [7, 11) is 0. The Morgan fingerprint density at radius 1 is 1.11 bits per heavy atom. The zero-order valence-corrected chi connectivity index (χ0v) is 12.3. The fraction of sp³-hybridized carbons (Fsp3) is 0.533. The summed E-state index contributed by atoms with van der Waals surface area (Å²) in [4.78, 5) is 0. The number of aryl methyl sites for hydroxylation is 1. The van der Waals surface area contributed by atoms with E-state index in [4.69, 9.17) is 12.2 Å². The molecule has 0 aliphatic carbocycles. The average molecular weight is 264 g/mol. The third-order valence-electron chi connectivity index (χ3n) is 2.96. The minimum absolute atomic E-state index is 0.729. The lowest BCUT2D eigenvalue weighted by Crippen LogP contribution is -2.29. The van der Waals surface area contributed by atoms with Crippen molar-refractivity contribution in [3.8, 4) is 0 Å². The molecule has 1 aromatic carbocycles. The van der Waals surface area contributed by atoms with E-state index in [0.29, 0.717) is 0 Å². The topological polar surface area (TPSA) is 24.1 Å². The lowest BCUT2D eigenvalue weighted by molar-refractivity contribution is 0.655. The quantitative estimate of drug-likeness (QED) is 0.572. The van der Waals surface area contributed by atoms with Crippen molar-refractivity contribution in [2.45, 2.75) is 46.0 Å². The Hall–Kier alpha value is -1.09. The molecule has 0 aromatic heterocycles. The van der Waals surface area contributed by atoms with Crippen LogP contribution in [0.4, 0.5) is 5.69 Å². The van der Waals surface area contributed by atoms with Gasteiger partial charge in [-0.2, -0.15) is 0 Å². The Kier molecular flexibility index (Phi) is 7.42. The van der Waals surface area contributed by atoms with Gasteiger partial charge < -0.3 is 10.6 Å². The van der Waals surface area contributed by atoms with E-state index in [2.05, 4.69) is 42.7 Å². The van der Waals surface area contributed by atoms with Gasteiger partial charge >= 0.3 is 0 Å². The first kappa shape index (κ1) is 15.0. The maximum atomic E-state index is 5.30. The number of hydrogen-bond donors (Lipinski definition) is 2. The van der Waals surface area contributed by atoms with Crippen LogP contribution in [0.25, 0.3) is 0 Å². The van der Waals surface area contributed by atoms with Crippen LogP contribution >= 0.6 is 12.2 Å². The molecule has 1 aromatic rings. The van der Waals surface area contributed by atoms with Crippen molar-refractivity contribution in [2.24, 2.45) is 0 Å². The van der Waals surface area contributed by atoms with Crippen LogP contribution in [-0.2, 0) is 6.42 Å². The average Bonchev–Trinajstić information content (AvgIpc) is 2.39. The minimum Gasteiger partial charge on any atom is -0.362 e. The number of nitrogens with one attached hydrogen (secondary N) is 2. The van der Waals surface area contributed by atoms with Crippen molar-refractivity contribution in [1.29, 1.82) is 0 Å². The summed E-state index contributed by atoms with van der Waals surface area (Å²) >= 11 is 5.30. The molecule has 2 nitrogen and oxygen atoms in total. The lowest BCUT2D eigenvalue weighted by atomic mass is 10.1. The van der Waals surface area contributed by atoms with E-state index >= 15 is 0 Å². The number of thiocarbonyl (C=S) groups is 1. The predicted molar refractivity (Wildman–Crippen MR) is 84.2 cm³/mol. The molecule has 0 heterocycles. The van der Waals surface area contributed by atoms with Crippen LogP contribution in [-0.4, -0.2) is 11.7 Å². The van der Waals surface area contributed by atoms with Crippen LogP contribution in [0.2, 0.25) is 0 Å². The van der Waals surface area contributed by atoms with Crippen molar-refractivity contribution in [3.63, 3.8) is 0 Å².